The van der Waals surface area contributed by atoms with Crippen molar-refractivity contribution in [1.29, 1.82) is 0 Å². The van der Waals surface area contributed by atoms with E-state index in [1.165, 1.54) is 0 Å². The van der Waals surface area contributed by atoms with E-state index in [1.807, 2.05) is 27.7 Å². The van der Waals surface area contributed by atoms with E-state index >= 15 is 0 Å². The van der Waals surface area contributed by atoms with Gasteiger partial charge in [0.25, 0.3) is 0 Å². The van der Waals surface area contributed by atoms with Crippen LogP contribution in [0.3, 0.4) is 0 Å². The van der Waals surface area contributed by atoms with Crippen molar-refractivity contribution >= 4 is 12.2 Å². The molecule has 0 saturated heterocycles. The minimum atomic E-state index is -0.372. The van der Waals surface area contributed by atoms with E-state index in [0.29, 0.717) is 13.2 Å². The van der Waals surface area contributed by atoms with Gasteiger partial charge < -0.3 is 20.1 Å². The monoisotopic (exact) mass is 364 g/mol. The first-order chi connectivity index (χ1) is 12.4. The third-order valence-electron chi connectivity index (χ3n) is 2.91. The van der Waals surface area contributed by atoms with Gasteiger partial charge in [-0.25, -0.2) is 9.59 Å². The van der Waals surface area contributed by atoms with Crippen LogP contribution in [-0.2, 0) is 9.47 Å². The summed E-state index contributed by atoms with van der Waals surface area (Å²) in [6, 6.07) is 0.174. The van der Waals surface area contributed by atoms with Gasteiger partial charge in [-0.1, -0.05) is 11.8 Å². The second kappa shape index (κ2) is 16.1. The van der Waals surface area contributed by atoms with Gasteiger partial charge in [-0.3, -0.25) is 0 Å². The van der Waals surface area contributed by atoms with Crippen molar-refractivity contribution in [2.75, 3.05) is 13.2 Å². The minimum absolute atomic E-state index is 0.0869. The van der Waals surface area contributed by atoms with Gasteiger partial charge in [-0.15, -0.1) is 0 Å². The lowest BCUT2D eigenvalue weighted by Crippen LogP contribution is -2.30. The molecule has 0 spiro atoms. The van der Waals surface area contributed by atoms with E-state index in [-0.39, 0.29) is 24.3 Å². The van der Waals surface area contributed by atoms with Gasteiger partial charge in [-0.2, -0.15) is 0 Å². The molecule has 0 aromatic carbocycles. The molecule has 0 radical (unpaired) electrons. The van der Waals surface area contributed by atoms with Gasteiger partial charge in [0.05, 0.1) is 13.2 Å². The summed E-state index contributed by atoms with van der Waals surface area (Å²) < 4.78 is 10.0. The van der Waals surface area contributed by atoms with Crippen LogP contribution in [-0.4, -0.2) is 37.5 Å². The first-order valence-corrected chi connectivity index (χ1v) is 9.24. The summed E-state index contributed by atoms with van der Waals surface area (Å²) in [6.45, 7) is 8.36. The number of ether oxygens (including phenoxy) is 2. The highest BCUT2D eigenvalue weighted by Gasteiger charge is 2.03. The summed E-state index contributed by atoms with van der Waals surface area (Å²) in [5.74, 6) is 11.6. The number of carbonyl (C=O) groups excluding carboxylic acids is 2. The molecule has 0 aromatic rings. The van der Waals surface area contributed by atoms with Gasteiger partial charge in [0.1, 0.15) is 0 Å². The van der Waals surface area contributed by atoms with Gasteiger partial charge in [0.2, 0.25) is 0 Å². The fraction of sp³-hybridized carbons (Fsp3) is 0.700. The lowest BCUT2D eigenvalue weighted by molar-refractivity contribution is 0.141. The van der Waals surface area contributed by atoms with E-state index in [4.69, 9.17) is 9.47 Å². The molecular weight excluding hydrogens is 332 g/mol. The third-order valence-corrected chi connectivity index (χ3v) is 2.91. The lowest BCUT2D eigenvalue weighted by Gasteiger charge is -2.08. The molecule has 0 aromatic heterocycles. The van der Waals surface area contributed by atoms with Crippen molar-refractivity contribution < 1.29 is 19.1 Å². The predicted molar refractivity (Wildman–Crippen MR) is 102 cm³/mol. The molecule has 0 atom stereocenters. The zero-order chi connectivity index (χ0) is 19.6. The Balaban J connectivity index is 3.49. The Hall–Kier alpha value is -2.34. The molecule has 146 valence electrons. The molecule has 0 fully saturated rings. The first-order valence-electron chi connectivity index (χ1n) is 9.24. The first kappa shape index (κ1) is 23.7. The molecule has 0 saturated carbocycles. The largest absolute Gasteiger partial charge is 0.450 e. The van der Waals surface area contributed by atoms with Crippen LogP contribution in [0.15, 0.2) is 0 Å². The number of hydrogen-bond acceptors (Lipinski definition) is 4. The number of nitrogens with one attached hydrogen (secondary N) is 2. The lowest BCUT2D eigenvalue weighted by atomic mass is 10.2. The summed E-state index contributed by atoms with van der Waals surface area (Å²) in [5.41, 5.74) is 0. The SMILES string of the molecule is CC(C)NC(=O)OCCCCC#CC#CCCCCOC(=O)NC(C)C. The molecule has 0 aliphatic rings. The molecule has 6 heteroatoms. The van der Waals surface area contributed by atoms with Crippen LogP contribution in [0.1, 0.15) is 66.2 Å². The molecular formula is C20H32N2O4. The summed E-state index contributed by atoms with van der Waals surface area (Å²) in [4.78, 5) is 22.4. The molecule has 0 aliphatic heterocycles. The second-order valence-electron chi connectivity index (χ2n) is 6.39. The van der Waals surface area contributed by atoms with Crippen molar-refractivity contribution in [2.45, 2.75) is 78.3 Å². The van der Waals surface area contributed by atoms with Crippen molar-refractivity contribution in [3.05, 3.63) is 0 Å². The maximum Gasteiger partial charge on any atom is 0.407 e. The number of hydrogen-bond donors (Lipinski definition) is 2. The molecule has 0 rings (SSSR count). The van der Waals surface area contributed by atoms with Crippen LogP contribution in [0.25, 0.3) is 0 Å². The zero-order valence-electron chi connectivity index (χ0n) is 16.4. The van der Waals surface area contributed by atoms with Gasteiger partial charge in [-0.05, 0) is 65.2 Å². The van der Waals surface area contributed by atoms with Crippen molar-refractivity contribution in [1.82, 2.24) is 10.6 Å². The Morgan fingerprint density at radius 2 is 1.12 bits per heavy atom. The molecule has 0 heterocycles. The molecule has 26 heavy (non-hydrogen) atoms. The highest BCUT2D eigenvalue weighted by Crippen LogP contribution is 1.96. The molecule has 0 aliphatic carbocycles. The van der Waals surface area contributed by atoms with Crippen LogP contribution in [0, 0.1) is 23.7 Å². The Morgan fingerprint density at radius 1 is 0.731 bits per heavy atom. The molecule has 0 bridgehead atoms. The Bertz CT molecular complexity index is 473. The number of amides is 2. The normalized spacial score (nSPS) is 9.62. The molecule has 6 nitrogen and oxygen atoms in total. The Kier molecular flexibility index (Phi) is 14.7. The van der Waals surface area contributed by atoms with E-state index in [1.54, 1.807) is 0 Å². The maximum absolute atomic E-state index is 11.2. The fourth-order valence-electron chi connectivity index (χ4n) is 1.73. The van der Waals surface area contributed by atoms with Crippen molar-refractivity contribution in [3.63, 3.8) is 0 Å². The van der Waals surface area contributed by atoms with E-state index in [2.05, 4.69) is 34.3 Å². The number of unbranched alkanes of at least 4 members (excludes halogenated alkanes) is 4. The van der Waals surface area contributed by atoms with Crippen LogP contribution < -0.4 is 10.6 Å². The van der Waals surface area contributed by atoms with Gasteiger partial charge >= 0.3 is 12.2 Å². The fourth-order valence-corrected chi connectivity index (χ4v) is 1.73. The van der Waals surface area contributed by atoms with E-state index < -0.39 is 0 Å². The maximum atomic E-state index is 11.2. The average Bonchev–Trinajstić information content (AvgIpc) is 2.53. The van der Waals surface area contributed by atoms with Crippen LogP contribution in [0.4, 0.5) is 9.59 Å². The molecule has 2 N–H and O–H groups in total. The standard InChI is InChI=1S/C20H32N2O4/c1-17(2)21-19(23)25-15-13-11-9-7-5-6-8-10-12-14-16-26-20(24)22-18(3)4/h17-18H,9-16H2,1-4H3,(H,21,23)(H,22,24). The van der Waals surface area contributed by atoms with E-state index in [0.717, 1.165) is 38.5 Å². The number of carbonyl (C=O) groups is 2. The highest BCUT2D eigenvalue weighted by molar-refractivity contribution is 5.67. The summed E-state index contributed by atoms with van der Waals surface area (Å²) in [7, 11) is 0. The van der Waals surface area contributed by atoms with Gasteiger partial charge in [0, 0.05) is 24.9 Å². The summed E-state index contributed by atoms with van der Waals surface area (Å²) in [6.07, 6.45) is 4.06. The molecule has 0 unspecified atom stereocenters. The van der Waals surface area contributed by atoms with E-state index in [9.17, 15) is 9.59 Å². The number of rotatable bonds is 10. The second-order valence-corrected chi connectivity index (χ2v) is 6.39. The third kappa shape index (κ3) is 18.0. The number of alkyl carbamates (subject to hydrolysis) is 2. The Morgan fingerprint density at radius 3 is 1.46 bits per heavy atom. The quantitative estimate of drug-likeness (QED) is 0.459. The van der Waals surface area contributed by atoms with Crippen LogP contribution in [0.5, 0.6) is 0 Å². The van der Waals surface area contributed by atoms with Gasteiger partial charge in [0.15, 0.2) is 0 Å². The minimum Gasteiger partial charge on any atom is -0.450 e. The van der Waals surface area contributed by atoms with Crippen molar-refractivity contribution in [3.8, 4) is 23.7 Å². The zero-order valence-corrected chi connectivity index (χ0v) is 16.4. The van der Waals surface area contributed by atoms with Crippen molar-refractivity contribution in [2.24, 2.45) is 0 Å². The Labute approximate surface area is 157 Å². The summed E-state index contributed by atoms with van der Waals surface area (Å²) in [5, 5.41) is 5.33. The highest BCUT2D eigenvalue weighted by atomic mass is 16.6. The predicted octanol–water partition coefficient (Wildman–Crippen LogP) is 3.60. The topological polar surface area (TPSA) is 76.7 Å². The molecule has 2 amide bonds. The smallest absolute Gasteiger partial charge is 0.407 e. The van der Waals surface area contributed by atoms with Crippen LogP contribution >= 0.6 is 0 Å². The summed E-state index contributed by atoms with van der Waals surface area (Å²) >= 11 is 0. The average molecular weight is 364 g/mol. The van der Waals surface area contributed by atoms with Crippen LogP contribution in [0.2, 0.25) is 0 Å².